The van der Waals surface area contributed by atoms with Crippen molar-refractivity contribution in [2.75, 3.05) is 34.3 Å². The van der Waals surface area contributed by atoms with Gasteiger partial charge in [0.15, 0.2) is 5.82 Å². The summed E-state index contributed by atoms with van der Waals surface area (Å²) in [4.78, 5) is 9.08. The highest BCUT2D eigenvalue weighted by Gasteiger charge is 2.30. The van der Waals surface area contributed by atoms with E-state index in [1.54, 1.807) is 7.11 Å². The second kappa shape index (κ2) is 6.42. The van der Waals surface area contributed by atoms with Crippen LogP contribution in [0.5, 0.6) is 0 Å². The van der Waals surface area contributed by atoms with Crippen LogP contribution < -0.4 is 0 Å². The van der Waals surface area contributed by atoms with Gasteiger partial charge in [0.25, 0.3) is 0 Å². The molecule has 2 rings (SSSR count). The molecular formula is C15H28N4O2. The van der Waals surface area contributed by atoms with E-state index in [4.69, 9.17) is 9.26 Å². The summed E-state index contributed by atoms with van der Waals surface area (Å²) in [6, 6.07) is 0.518. The molecule has 0 aromatic carbocycles. The standard InChI is InChI=1S/C15H28N4O2/c1-15(2,3)14-16-13(21-17-14)10-18(4)8-11-7-12(20-6)9-19(11)5/h11-12H,7-10H2,1-6H3/t11-,12-/m0/s1. The SMILES string of the molecule is CO[C@H]1C[C@@H](CN(C)Cc2nc(C(C)(C)C)no2)N(C)C1. The average molecular weight is 296 g/mol. The zero-order valence-electron chi connectivity index (χ0n) is 14.1. The van der Waals surface area contributed by atoms with Gasteiger partial charge in [-0.2, -0.15) is 4.98 Å². The Morgan fingerprint density at radius 2 is 2.14 bits per heavy atom. The second-order valence-electron chi connectivity index (χ2n) is 7.15. The van der Waals surface area contributed by atoms with E-state index in [0.717, 1.165) is 25.3 Å². The van der Waals surface area contributed by atoms with Gasteiger partial charge in [0, 0.05) is 31.7 Å². The van der Waals surface area contributed by atoms with Gasteiger partial charge in [-0.25, -0.2) is 0 Å². The number of rotatable bonds is 5. The van der Waals surface area contributed by atoms with E-state index in [1.165, 1.54) is 0 Å². The molecule has 0 aliphatic carbocycles. The summed E-state index contributed by atoms with van der Waals surface area (Å²) in [5.74, 6) is 1.45. The minimum absolute atomic E-state index is 0.0717. The Balaban J connectivity index is 1.87. The minimum atomic E-state index is -0.0717. The van der Waals surface area contributed by atoms with Gasteiger partial charge in [0.1, 0.15) is 0 Å². The molecule has 1 saturated heterocycles. The van der Waals surface area contributed by atoms with Crippen molar-refractivity contribution in [2.45, 2.75) is 51.3 Å². The van der Waals surface area contributed by atoms with Gasteiger partial charge in [-0.1, -0.05) is 25.9 Å². The topological polar surface area (TPSA) is 54.6 Å². The molecule has 0 unspecified atom stereocenters. The number of ether oxygens (including phenoxy) is 1. The highest BCUT2D eigenvalue weighted by Crippen LogP contribution is 2.20. The normalized spacial score (nSPS) is 24.1. The van der Waals surface area contributed by atoms with Crippen LogP contribution in [0.25, 0.3) is 0 Å². The van der Waals surface area contributed by atoms with Crippen LogP contribution in [-0.4, -0.2) is 66.4 Å². The lowest BCUT2D eigenvalue weighted by Gasteiger charge is -2.24. The Morgan fingerprint density at radius 1 is 1.43 bits per heavy atom. The molecule has 2 atom stereocenters. The first-order chi connectivity index (χ1) is 9.79. The first kappa shape index (κ1) is 16.4. The summed E-state index contributed by atoms with van der Waals surface area (Å²) in [6.45, 7) is 8.93. The summed E-state index contributed by atoms with van der Waals surface area (Å²) in [7, 11) is 6.04. The first-order valence-corrected chi connectivity index (χ1v) is 7.54. The maximum absolute atomic E-state index is 5.45. The van der Waals surface area contributed by atoms with Crippen molar-refractivity contribution >= 4 is 0 Å². The van der Waals surface area contributed by atoms with Crippen molar-refractivity contribution in [3.05, 3.63) is 11.7 Å². The summed E-state index contributed by atoms with van der Waals surface area (Å²) in [5.41, 5.74) is -0.0717. The molecule has 6 nitrogen and oxygen atoms in total. The van der Waals surface area contributed by atoms with E-state index in [0.29, 0.717) is 24.6 Å². The van der Waals surface area contributed by atoms with E-state index in [9.17, 15) is 0 Å². The highest BCUT2D eigenvalue weighted by molar-refractivity contribution is 5.00. The first-order valence-electron chi connectivity index (χ1n) is 7.54. The molecular weight excluding hydrogens is 268 g/mol. The molecule has 1 aliphatic rings. The Morgan fingerprint density at radius 3 is 2.67 bits per heavy atom. The van der Waals surface area contributed by atoms with Crippen molar-refractivity contribution in [3.8, 4) is 0 Å². The third-order valence-electron chi connectivity index (χ3n) is 4.05. The van der Waals surface area contributed by atoms with E-state index >= 15 is 0 Å². The van der Waals surface area contributed by atoms with E-state index < -0.39 is 0 Å². The fraction of sp³-hybridized carbons (Fsp3) is 0.867. The van der Waals surface area contributed by atoms with Gasteiger partial charge in [-0.3, -0.25) is 9.80 Å². The van der Waals surface area contributed by atoms with E-state index in [1.807, 2.05) is 0 Å². The van der Waals surface area contributed by atoms with Crippen LogP contribution in [0.4, 0.5) is 0 Å². The minimum Gasteiger partial charge on any atom is -0.380 e. The van der Waals surface area contributed by atoms with Crippen molar-refractivity contribution in [1.82, 2.24) is 19.9 Å². The quantitative estimate of drug-likeness (QED) is 0.821. The lowest BCUT2D eigenvalue weighted by atomic mass is 9.96. The van der Waals surface area contributed by atoms with Crippen molar-refractivity contribution in [3.63, 3.8) is 0 Å². The van der Waals surface area contributed by atoms with Crippen molar-refractivity contribution in [1.29, 1.82) is 0 Å². The van der Waals surface area contributed by atoms with Crippen molar-refractivity contribution < 1.29 is 9.26 Å². The molecule has 120 valence electrons. The molecule has 0 spiro atoms. The fourth-order valence-corrected chi connectivity index (χ4v) is 2.69. The van der Waals surface area contributed by atoms with Crippen molar-refractivity contribution in [2.24, 2.45) is 0 Å². The van der Waals surface area contributed by atoms with Gasteiger partial charge < -0.3 is 9.26 Å². The molecule has 0 bridgehead atoms. The number of nitrogens with zero attached hydrogens (tertiary/aromatic N) is 4. The zero-order valence-corrected chi connectivity index (χ0v) is 14.1. The van der Waals surface area contributed by atoms with E-state index in [-0.39, 0.29) is 5.41 Å². The summed E-state index contributed by atoms with van der Waals surface area (Å²) >= 11 is 0. The Labute approximate surface area is 127 Å². The van der Waals surface area contributed by atoms with Crippen LogP contribution in [-0.2, 0) is 16.7 Å². The lowest BCUT2D eigenvalue weighted by molar-refractivity contribution is 0.111. The number of hydrogen-bond acceptors (Lipinski definition) is 6. The smallest absolute Gasteiger partial charge is 0.240 e. The third-order valence-corrected chi connectivity index (χ3v) is 4.05. The number of likely N-dealkylation sites (N-methyl/N-ethyl adjacent to an activating group) is 2. The molecule has 0 N–H and O–H groups in total. The lowest BCUT2D eigenvalue weighted by Crippen LogP contribution is -2.36. The van der Waals surface area contributed by atoms with Gasteiger partial charge in [-0.05, 0) is 20.5 Å². The Hall–Kier alpha value is -0.980. The van der Waals surface area contributed by atoms with Crippen LogP contribution in [0.3, 0.4) is 0 Å². The molecule has 1 aromatic heterocycles. The highest BCUT2D eigenvalue weighted by atomic mass is 16.5. The predicted molar refractivity (Wildman–Crippen MR) is 81.2 cm³/mol. The Kier molecular flexibility index (Phi) is 5.01. The van der Waals surface area contributed by atoms with E-state index in [2.05, 4.69) is 54.8 Å². The summed E-state index contributed by atoms with van der Waals surface area (Å²) in [6.07, 6.45) is 1.43. The molecule has 6 heteroatoms. The van der Waals surface area contributed by atoms with Crippen LogP contribution in [0.15, 0.2) is 4.52 Å². The van der Waals surface area contributed by atoms with Gasteiger partial charge in [-0.15, -0.1) is 0 Å². The number of aromatic nitrogens is 2. The summed E-state index contributed by atoms with van der Waals surface area (Å²) < 4.78 is 10.8. The molecule has 0 radical (unpaired) electrons. The Bertz CT molecular complexity index is 455. The molecule has 1 aliphatic heterocycles. The van der Waals surface area contributed by atoms with Gasteiger partial charge in [0.2, 0.25) is 5.89 Å². The molecule has 21 heavy (non-hydrogen) atoms. The van der Waals surface area contributed by atoms with Crippen LogP contribution >= 0.6 is 0 Å². The third kappa shape index (κ3) is 4.25. The molecule has 0 amide bonds. The van der Waals surface area contributed by atoms with Crippen LogP contribution in [0.2, 0.25) is 0 Å². The number of hydrogen-bond donors (Lipinski definition) is 0. The summed E-state index contributed by atoms with van der Waals surface area (Å²) in [5, 5.41) is 4.07. The monoisotopic (exact) mass is 296 g/mol. The van der Waals surface area contributed by atoms with Gasteiger partial charge in [0.05, 0.1) is 12.6 Å². The largest absolute Gasteiger partial charge is 0.380 e. The maximum Gasteiger partial charge on any atom is 0.240 e. The molecule has 2 heterocycles. The van der Waals surface area contributed by atoms with Crippen LogP contribution in [0.1, 0.15) is 38.9 Å². The molecule has 1 fully saturated rings. The second-order valence-corrected chi connectivity index (χ2v) is 7.15. The molecule has 1 aromatic rings. The van der Waals surface area contributed by atoms with Crippen LogP contribution in [0, 0.1) is 0 Å². The average Bonchev–Trinajstić information content (AvgIpc) is 2.96. The fourth-order valence-electron chi connectivity index (χ4n) is 2.69. The zero-order chi connectivity index (χ0) is 15.6. The molecule has 0 saturated carbocycles. The number of methoxy groups -OCH3 is 1. The maximum atomic E-state index is 5.45. The predicted octanol–water partition coefficient (Wildman–Crippen LogP) is 1.52. The number of likely N-dealkylation sites (tertiary alicyclic amines) is 1. The van der Waals surface area contributed by atoms with Gasteiger partial charge >= 0.3 is 0 Å².